The smallest absolute Gasteiger partial charge is 0.260 e. The molecule has 0 saturated carbocycles. The van der Waals surface area contributed by atoms with Gasteiger partial charge in [0.25, 0.3) is 11.8 Å². The average molecular weight is 265 g/mol. The normalized spacial score (nSPS) is 10.0. The quantitative estimate of drug-likeness (QED) is 0.736. The van der Waals surface area contributed by atoms with E-state index in [2.05, 4.69) is 0 Å². The maximum absolute atomic E-state index is 11.8. The Labute approximate surface area is 112 Å². The van der Waals surface area contributed by atoms with Gasteiger partial charge in [-0.25, -0.2) is 0 Å². The molecule has 4 N–H and O–H groups in total. The van der Waals surface area contributed by atoms with Gasteiger partial charge in [0.2, 0.25) is 0 Å². The third-order valence-electron chi connectivity index (χ3n) is 2.74. The summed E-state index contributed by atoms with van der Waals surface area (Å²) in [5.41, 5.74) is 11.5. The molecule has 6 heteroatoms. The first-order chi connectivity index (χ1) is 8.99. The van der Waals surface area contributed by atoms with Crippen LogP contribution in [0.4, 0.5) is 5.69 Å². The zero-order valence-corrected chi connectivity index (χ0v) is 11.2. The summed E-state index contributed by atoms with van der Waals surface area (Å²) in [6.07, 6.45) is 0. The van der Waals surface area contributed by atoms with Crippen molar-refractivity contribution in [1.82, 2.24) is 4.90 Å². The highest BCUT2D eigenvalue weighted by Gasteiger charge is 2.14. The van der Waals surface area contributed by atoms with Crippen LogP contribution in [0.3, 0.4) is 0 Å². The first-order valence-corrected chi connectivity index (χ1v) is 6.09. The SMILES string of the molecule is CCN(CC)C(=O)COc1cc(N)ccc1C(N)=O. The monoisotopic (exact) mass is 265 g/mol. The Hall–Kier alpha value is -2.24. The Bertz CT molecular complexity index is 470. The maximum Gasteiger partial charge on any atom is 0.260 e. The molecule has 1 aromatic rings. The van der Waals surface area contributed by atoms with Crippen molar-refractivity contribution in [2.75, 3.05) is 25.4 Å². The van der Waals surface area contributed by atoms with Crippen LogP contribution >= 0.6 is 0 Å². The minimum Gasteiger partial charge on any atom is -0.483 e. The number of carbonyl (C=O) groups is 2. The molecule has 1 aromatic carbocycles. The molecule has 0 aliphatic carbocycles. The van der Waals surface area contributed by atoms with Gasteiger partial charge in [-0.3, -0.25) is 9.59 Å². The van der Waals surface area contributed by atoms with Crippen LogP contribution in [0.1, 0.15) is 24.2 Å². The summed E-state index contributed by atoms with van der Waals surface area (Å²) in [5, 5.41) is 0. The topological polar surface area (TPSA) is 98.7 Å². The summed E-state index contributed by atoms with van der Waals surface area (Å²) < 4.78 is 5.35. The van der Waals surface area contributed by atoms with Gasteiger partial charge in [0.1, 0.15) is 5.75 Å². The van der Waals surface area contributed by atoms with Crippen LogP contribution in [0, 0.1) is 0 Å². The minimum absolute atomic E-state index is 0.147. The van der Waals surface area contributed by atoms with Gasteiger partial charge in [-0.15, -0.1) is 0 Å². The number of rotatable bonds is 6. The lowest BCUT2D eigenvalue weighted by molar-refractivity contribution is -0.132. The molecule has 2 amide bonds. The molecule has 0 unspecified atom stereocenters. The fourth-order valence-corrected chi connectivity index (χ4v) is 1.67. The van der Waals surface area contributed by atoms with Gasteiger partial charge in [-0.05, 0) is 26.0 Å². The zero-order valence-electron chi connectivity index (χ0n) is 11.2. The Morgan fingerprint density at radius 3 is 2.42 bits per heavy atom. The molecule has 0 saturated heterocycles. The lowest BCUT2D eigenvalue weighted by Gasteiger charge is -2.19. The van der Waals surface area contributed by atoms with Crippen LogP contribution < -0.4 is 16.2 Å². The van der Waals surface area contributed by atoms with E-state index in [0.717, 1.165) is 0 Å². The number of primary amides is 1. The molecule has 104 valence electrons. The minimum atomic E-state index is -0.620. The summed E-state index contributed by atoms with van der Waals surface area (Å²) >= 11 is 0. The Morgan fingerprint density at radius 2 is 1.89 bits per heavy atom. The summed E-state index contributed by atoms with van der Waals surface area (Å²) in [5.74, 6) is -0.541. The van der Waals surface area contributed by atoms with Crippen LogP contribution in [0.5, 0.6) is 5.75 Å². The molecule has 6 nitrogen and oxygen atoms in total. The van der Waals surface area contributed by atoms with Crippen molar-refractivity contribution in [2.45, 2.75) is 13.8 Å². The standard InChI is InChI=1S/C13H19N3O3/c1-3-16(4-2)12(17)8-19-11-7-9(14)5-6-10(11)13(15)18/h5-7H,3-4,8,14H2,1-2H3,(H2,15,18). The van der Waals surface area contributed by atoms with E-state index in [1.165, 1.54) is 12.1 Å². The number of nitrogens with zero attached hydrogens (tertiary/aromatic N) is 1. The summed E-state index contributed by atoms with van der Waals surface area (Å²) in [7, 11) is 0. The van der Waals surface area contributed by atoms with Crippen molar-refractivity contribution in [3.05, 3.63) is 23.8 Å². The highest BCUT2D eigenvalue weighted by molar-refractivity contribution is 5.96. The predicted molar refractivity (Wildman–Crippen MR) is 72.8 cm³/mol. The van der Waals surface area contributed by atoms with Crippen LogP contribution in [0.2, 0.25) is 0 Å². The van der Waals surface area contributed by atoms with Gasteiger partial charge in [-0.2, -0.15) is 0 Å². The number of hydrogen-bond acceptors (Lipinski definition) is 4. The van der Waals surface area contributed by atoms with E-state index in [9.17, 15) is 9.59 Å². The van der Waals surface area contributed by atoms with Crippen LogP contribution in [0.25, 0.3) is 0 Å². The van der Waals surface area contributed by atoms with Gasteiger partial charge in [-0.1, -0.05) is 0 Å². The van der Waals surface area contributed by atoms with Crippen molar-refractivity contribution in [3.8, 4) is 5.75 Å². The molecule has 0 radical (unpaired) electrons. The Kier molecular flexibility index (Phi) is 5.17. The summed E-state index contributed by atoms with van der Waals surface area (Å²) in [6, 6.07) is 4.52. The number of likely N-dealkylation sites (N-methyl/N-ethyl adjacent to an activating group) is 1. The number of carbonyl (C=O) groups excluding carboxylic acids is 2. The molecule has 0 aliphatic rings. The van der Waals surface area contributed by atoms with Crippen molar-refractivity contribution in [3.63, 3.8) is 0 Å². The van der Waals surface area contributed by atoms with Gasteiger partial charge >= 0.3 is 0 Å². The highest BCUT2D eigenvalue weighted by Crippen LogP contribution is 2.21. The Balaban J connectivity index is 2.79. The predicted octanol–water partition coefficient (Wildman–Crippen LogP) is 0.615. The zero-order chi connectivity index (χ0) is 14.4. The van der Waals surface area contributed by atoms with Crippen LogP contribution in [-0.2, 0) is 4.79 Å². The first-order valence-electron chi connectivity index (χ1n) is 6.09. The number of benzene rings is 1. The van der Waals surface area contributed by atoms with E-state index in [-0.39, 0.29) is 23.8 Å². The highest BCUT2D eigenvalue weighted by atomic mass is 16.5. The van der Waals surface area contributed by atoms with Crippen molar-refractivity contribution in [1.29, 1.82) is 0 Å². The largest absolute Gasteiger partial charge is 0.483 e. The maximum atomic E-state index is 11.8. The van der Waals surface area contributed by atoms with E-state index in [1.807, 2.05) is 13.8 Å². The third-order valence-corrected chi connectivity index (χ3v) is 2.74. The fraction of sp³-hybridized carbons (Fsp3) is 0.385. The second kappa shape index (κ2) is 6.63. The molecule has 1 rings (SSSR count). The number of amides is 2. The first kappa shape index (κ1) is 14.8. The molecule has 0 bridgehead atoms. The summed E-state index contributed by atoms with van der Waals surface area (Å²) in [6.45, 7) is 4.84. The molecule has 0 fully saturated rings. The molecule has 19 heavy (non-hydrogen) atoms. The molecule has 0 spiro atoms. The molecule has 0 atom stereocenters. The fourth-order valence-electron chi connectivity index (χ4n) is 1.67. The summed E-state index contributed by atoms with van der Waals surface area (Å²) in [4.78, 5) is 24.7. The van der Waals surface area contributed by atoms with Gasteiger partial charge in [0.15, 0.2) is 6.61 Å². The van der Waals surface area contributed by atoms with Crippen LogP contribution in [0.15, 0.2) is 18.2 Å². The van der Waals surface area contributed by atoms with E-state index in [1.54, 1.807) is 11.0 Å². The third kappa shape index (κ3) is 3.87. The molecule has 0 heterocycles. The van der Waals surface area contributed by atoms with Crippen molar-refractivity contribution < 1.29 is 14.3 Å². The van der Waals surface area contributed by atoms with Gasteiger partial charge in [0, 0.05) is 24.8 Å². The number of anilines is 1. The van der Waals surface area contributed by atoms with Gasteiger partial charge < -0.3 is 21.1 Å². The second-order valence-corrected chi connectivity index (χ2v) is 3.97. The van der Waals surface area contributed by atoms with Crippen molar-refractivity contribution >= 4 is 17.5 Å². The molecular formula is C13H19N3O3. The van der Waals surface area contributed by atoms with E-state index in [0.29, 0.717) is 18.8 Å². The van der Waals surface area contributed by atoms with Crippen molar-refractivity contribution in [2.24, 2.45) is 5.73 Å². The number of nitrogens with two attached hydrogens (primary N) is 2. The lowest BCUT2D eigenvalue weighted by atomic mass is 10.1. The number of ether oxygens (including phenoxy) is 1. The molecule has 0 aliphatic heterocycles. The van der Waals surface area contributed by atoms with Crippen LogP contribution in [-0.4, -0.2) is 36.4 Å². The number of nitrogen functional groups attached to an aromatic ring is 1. The number of hydrogen-bond donors (Lipinski definition) is 2. The Morgan fingerprint density at radius 1 is 1.26 bits per heavy atom. The van der Waals surface area contributed by atoms with E-state index >= 15 is 0 Å². The average Bonchev–Trinajstić information content (AvgIpc) is 2.37. The lowest BCUT2D eigenvalue weighted by Crippen LogP contribution is -2.34. The van der Waals surface area contributed by atoms with E-state index in [4.69, 9.17) is 16.2 Å². The van der Waals surface area contributed by atoms with Gasteiger partial charge in [0.05, 0.1) is 5.56 Å². The second-order valence-electron chi connectivity index (χ2n) is 3.97. The van der Waals surface area contributed by atoms with E-state index < -0.39 is 5.91 Å². The molecular weight excluding hydrogens is 246 g/mol. The molecule has 0 aromatic heterocycles.